The van der Waals surface area contributed by atoms with Gasteiger partial charge >= 0.3 is 17.9 Å². The van der Waals surface area contributed by atoms with Crippen molar-refractivity contribution in [3.8, 4) is 0 Å². The van der Waals surface area contributed by atoms with Gasteiger partial charge < -0.3 is 14.2 Å². The van der Waals surface area contributed by atoms with Crippen molar-refractivity contribution in [2.24, 2.45) is 0 Å². The van der Waals surface area contributed by atoms with E-state index in [4.69, 9.17) is 14.2 Å². The first-order chi connectivity index (χ1) is 37.0. The van der Waals surface area contributed by atoms with Gasteiger partial charge in [-0.15, -0.1) is 0 Å². The molecule has 0 amide bonds. The van der Waals surface area contributed by atoms with Gasteiger partial charge in [-0.2, -0.15) is 0 Å². The van der Waals surface area contributed by atoms with Crippen LogP contribution in [0.25, 0.3) is 0 Å². The maximum Gasteiger partial charge on any atom is 0.306 e. The molecule has 0 rings (SSSR count). The van der Waals surface area contributed by atoms with E-state index in [1.165, 1.54) is 103 Å². The topological polar surface area (TPSA) is 78.9 Å². The van der Waals surface area contributed by atoms with Gasteiger partial charge in [0.25, 0.3) is 0 Å². The number of allylic oxidation sites excluding steroid dienone is 22. The van der Waals surface area contributed by atoms with E-state index < -0.39 is 6.10 Å². The molecule has 0 bridgehead atoms. The van der Waals surface area contributed by atoms with Crippen LogP contribution in [0.15, 0.2) is 134 Å². The monoisotopic (exact) mass is 1040 g/mol. The van der Waals surface area contributed by atoms with Crippen molar-refractivity contribution in [1.29, 1.82) is 0 Å². The summed E-state index contributed by atoms with van der Waals surface area (Å²) >= 11 is 0. The van der Waals surface area contributed by atoms with Crippen molar-refractivity contribution >= 4 is 17.9 Å². The Morgan fingerprint density at radius 2 is 0.533 bits per heavy atom. The fourth-order valence-corrected chi connectivity index (χ4v) is 8.09. The molecular formula is C69H112O6. The zero-order valence-corrected chi connectivity index (χ0v) is 48.5. The Kier molecular flexibility index (Phi) is 58.4. The second-order valence-electron chi connectivity index (χ2n) is 19.8. The van der Waals surface area contributed by atoms with Gasteiger partial charge in [-0.1, -0.05) is 251 Å². The summed E-state index contributed by atoms with van der Waals surface area (Å²) in [5.41, 5.74) is 0. The van der Waals surface area contributed by atoms with Gasteiger partial charge in [0.15, 0.2) is 6.10 Å². The van der Waals surface area contributed by atoms with Crippen molar-refractivity contribution in [3.05, 3.63) is 134 Å². The van der Waals surface area contributed by atoms with E-state index in [-0.39, 0.29) is 37.5 Å². The van der Waals surface area contributed by atoms with Gasteiger partial charge in [0.1, 0.15) is 13.2 Å². The molecule has 1 unspecified atom stereocenters. The maximum absolute atomic E-state index is 12.9. The van der Waals surface area contributed by atoms with E-state index in [2.05, 4.69) is 154 Å². The first-order valence-electron chi connectivity index (χ1n) is 30.7. The van der Waals surface area contributed by atoms with Crippen LogP contribution in [0.5, 0.6) is 0 Å². The van der Waals surface area contributed by atoms with Crippen molar-refractivity contribution < 1.29 is 28.6 Å². The minimum Gasteiger partial charge on any atom is -0.462 e. The fourth-order valence-electron chi connectivity index (χ4n) is 8.09. The van der Waals surface area contributed by atoms with Gasteiger partial charge in [-0.25, -0.2) is 0 Å². The number of unbranched alkanes of at least 4 members (excludes halogenated alkanes) is 21. The molecule has 0 aromatic rings. The third-order valence-corrected chi connectivity index (χ3v) is 12.6. The molecule has 0 aliphatic rings. The Bertz CT molecular complexity index is 1620. The van der Waals surface area contributed by atoms with Crippen molar-refractivity contribution in [3.63, 3.8) is 0 Å². The lowest BCUT2D eigenvalue weighted by molar-refractivity contribution is -0.167. The average molecular weight is 1040 g/mol. The molecule has 0 heterocycles. The molecule has 0 aromatic carbocycles. The molecule has 0 spiro atoms. The van der Waals surface area contributed by atoms with Crippen LogP contribution in [0.4, 0.5) is 0 Å². The Labute approximate surface area is 462 Å². The first kappa shape index (κ1) is 70.5. The summed E-state index contributed by atoms with van der Waals surface area (Å²) in [4.78, 5) is 38.3. The van der Waals surface area contributed by atoms with Gasteiger partial charge in [0, 0.05) is 19.3 Å². The van der Waals surface area contributed by atoms with Crippen molar-refractivity contribution in [2.75, 3.05) is 13.2 Å². The van der Waals surface area contributed by atoms with Gasteiger partial charge in [0.2, 0.25) is 0 Å². The Morgan fingerprint density at radius 3 is 0.867 bits per heavy atom. The summed E-state index contributed by atoms with van der Waals surface area (Å²) in [6.07, 6.45) is 87.3. The third kappa shape index (κ3) is 60.3. The highest BCUT2D eigenvalue weighted by molar-refractivity contribution is 5.71. The minimum atomic E-state index is -0.813. The van der Waals surface area contributed by atoms with Crippen molar-refractivity contribution in [1.82, 2.24) is 0 Å². The molecule has 0 saturated heterocycles. The Morgan fingerprint density at radius 1 is 0.280 bits per heavy atom. The largest absolute Gasteiger partial charge is 0.462 e. The number of rotatable bonds is 54. The number of hydrogen-bond donors (Lipinski definition) is 0. The Balaban J connectivity index is 4.49. The quantitative estimate of drug-likeness (QED) is 0.0261. The summed E-state index contributed by atoms with van der Waals surface area (Å²) in [5, 5.41) is 0. The average Bonchev–Trinajstić information content (AvgIpc) is 3.41. The third-order valence-electron chi connectivity index (χ3n) is 12.6. The molecule has 0 fully saturated rings. The number of hydrogen-bond acceptors (Lipinski definition) is 6. The lowest BCUT2D eigenvalue weighted by Crippen LogP contribution is -2.30. The van der Waals surface area contributed by atoms with Gasteiger partial charge in [-0.3, -0.25) is 14.4 Å². The van der Waals surface area contributed by atoms with Gasteiger partial charge in [-0.05, 0) is 128 Å². The zero-order chi connectivity index (χ0) is 54.3. The van der Waals surface area contributed by atoms with Crippen LogP contribution >= 0.6 is 0 Å². The summed E-state index contributed by atoms with van der Waals surface area (Å²) < 4.78 is 16.9. The molecule has 6 heteroatoms. The van der Waals surface area contributed by atoms with Crippen LogP contribution in [-0.4, -0.2) is 37.2 Å². The molecule has 0 aromatic heterocycles. The van der Waals surface area contributed by atoms with Crippen LogP contribution in [-0.2, 0) is 28.6 Å². The lowest BCUT2D eigenvalue weighted by atomic mass is 10.1. The van der Waals surface area contributed by atoms with Crippen LogP contribution in [0.3, 0.4) is 0 Å². The molecule has 6 nitrogen and oxygen atoms in total. The van der Waals surface area contributed by atoms with Gasteiger partial charge in [0.05, 0.1) is 0 Å². The van der Waals surface area contributed by atoms with E-state index in [1.807, 2.05) is 0 Å². The second kappa shape index (κ2) is 62.1. The van der Waals surface area contributed by atoms with Crippen LogP contribution in [0.1, 0.15) is 265 Å². The summed E-state index contributed by atoms with van der Waals surface area (Å²) in [6, 6.07) is 0. The van der Waals surface area contributed by atoms with E-state index >= 15 is 0 Å². The summed E-state index contributed by atoms with van der Waals surface area (Å²) in [5.74, 6) is -0.977. The molecule has 0 N–H and O–H groups in total. The summed E-state index contributed by atoms with van der Waals surface area (Å²) in [7, 11) is 0. The predicted molar refractivity (Wildman–Crippen MR) is 325 cm³/mol. The van der Waals surface area contributed by atoms with E-state index in [9.17, 15) is 14.4 Å². The van der Waals surface area contributed by atoms with E-state index in [0.717, 1.165) is 116 Å². The van der Waals surface area contributed by atoms with Crippen LogP contribution in [0, 0.1) is 0 Å². The highest BCUT2D eigenvalue weighted by Gasteiger charge is 2.19. The molecule has 424 valence electrons. The highest BCUT2D eigenvalue weighted by atomic mass is 16.6. The number of carbonyl (C=O) groups is 3. The van der Waals surface area contributed by atoms with Crippen molar-refractivity contribution in [2.45, 2.75) is 271 Å². The predicted octanol–water partition coefficient (Wildman–Crippen LogP) is 21.0. The molecule has 0 saturated carbocycles. The maximum atomic E-state index is 12.9. The standard InChI is InChI=1S/C69H112O6/c1-4-7-10-13-16-19-22-25-28-31-33-34-36-38-41-44-47-50-53-56-59-62-68(71)74-65-66(64-73-67(70)61-58-55-52-49-46-43-40-37-30-27-24-21-18-15-12-9-6-3)75-69(72)63-60-57-54-51-48-45-42-39-35-32-29-26-23-20-17-14-11-8-5-2/h7,9-10,12,16-21,25-30,33-34,40,43,49,52,66H,4-6,8,11,13-15,22-24,31-32,35-39,41-42,44-48,50-51,53-65H2,1-3H3/b10-7-,12-9-,19-16-,20-17-,21-18-,28-25-,29-26-,30-27-,34-33-,43-40-,52-49-. The molecule has 75 heavy (non-hydrogen) atoms. The fraction of sp³-hybridized carbons (Fsp3) is 0.638. The zero-order valence-electron chi connectivity index (χ0n) is 48.5. The molecule has 0 radical (unpaired) electrons. The Hall–Kier alpha value is -4.45. The van der Waals surface area contributed by atoms with Crippen LogP contribution < -0.4 is 0 Å². The molecule has 0 aliphatic carbocycles. The second-order valence-corrected chi connectivity index (χ2v) is 19.8. The first-order valence-corrected chi connectivity index (χ1v) is 30.7. The summed E-state index contributed by atoms with van der Waals surface area (Å²) in [6.45, 7) is 6.34. The number of esters is 3. The molecular weight excluding hydrogens is 925 g/mol. The minimum absolute atomic E-state index is 0.106. The van der Waals surface area contributed by atoms with Crippen LogP contribution in [0.2, 0.25) is 0 Å². The molecule has 0 aliphatic heterocycles. The SMILES string of the molecule is CC/C=C\C/C=C\C/C=C\C/C=C\C/C=C\CCCC(=O)OCC(COC(=O)CCCCCCCCCC/C=C\C/C=C\C/C=C\C/C=C\CC)OC(=O)CCCCCCCCCCC/C=C\C/C=C\CCCCC. The molecule has 1 atom stereocenters. The lowest BCUT2D eigenvalue weighted by Gasteiger charge is -2.18. The highest BCUT2D eigenvalue weighted by Crippen LogP contribution is 2.15. The van der Waals surface area contributed by atoms with E-state index in [1.54, 1.807) is 0 Å². The normalized spacial score (nSPS) is 13.1. The number of ether oxygens (including phenoxy) is 3. The van der Waals surface area contributed by atoms with E-state index in [0.29, 0.717) is 19.3 Å². The number of carbonyl (C=O) groups excluding carboxylic acids is 3. The smallest absolute Gasteiger partial charge is 0.306 e.